The van der Waals surface area contributed by atoms with E-state index in [0.717, 1.165) is 5.56 Å². The third-order valence-corrected chi connectivity index (χ3v) is 2.77. The summed E-state index contributed by atoms with van der Waals surface area (Å²) < 4.78 is 33.3. The normalized spacial score (nSPS) is 10.1. The van der Waals surface area contributed by atoms with Crippen LogP contribution in [0, 0.1) is 11.3 Å². The minimum absolute atomic E-state index is 0.0290. The number of nitriles is 1. The fourth-order valence-corrected chi connectivity index (χ4v) is 1.68. The molecule has 0 N–H and O–H groups in total. The van der Waals surface area contributed by atoms with Crippen LogP contribution in [0.3, 0.4) is 0 Å². The second-order valence-electron chi connectivity index (χ2n) is 4.29. The summed E-state index contributed by atoms with van der Waals surface area (Å²) in [5, 5.41) is 8.68. The Hall–Kier alpha value is -2.94. The van der Waals surface area contributed by atoms with Gasteiger partial charge in [0.25, 0.3) is 0 Å². The van der Waals surface area contributed by atoms with Crippen LogP contribution < -0.4 is 4.74 Å². The first-order chi connectivity index (χ1) is 10.6. The van der Waals surface area contributed by atoms with Crippen LogP contribution in [-0.2, 0) is 11.3 Å². The van der Waals surface area contributed by atoms with Gasteiger partial charge in [0.2, 0.25) is 0 Å². The molecular formula is C16H11F2NO3. The van der Waals surface area contributed by atoms with Gasteiger partial charge in [0.05, 0.1) is 17.2 Å². The Kier molecular flexibility index (Phi) is 5.04. The van der Waals surface area contributed by atoms with Gasteiger partial charge in [-0.25, -0.2) is 4.79 Å². The maximum absolute atomic E-state index is 12.0. The molecule has 0 aromatic heterocycles. The average Bonchev–Trinajstić information content (AvgIpc) is 2.53. The zero-order valence-electron chi connectivity index (χ0n) is 11.3. The minimum atomic E-state index is -2.91. The van der Waals surface area contributed by atoms with Crippen molar-refractivity contribution in [2.45, 2.75) is 13.2 Å². The van der Waals surface area contributed by atoms with Gasteiger partial charge in [0.1, 0.15) is 12.4 Å². The molecule has 4 nitrogen and oxygen atoms in total. The van der Waals surface area contributed by atoms with E-state index in [4.69, 9.17) is 10.00 Å². The Balaban J connectivity index is 1.92. The number of rotatable bonds is 5. The summed E-state index contributed by atoms with van der Waals surface area (Å²) in [6, 6.07) is 13.8. The summed E-state index contributed by atoms with van der Waals surface area (Å²) in [4.78, 5) is 11.8. The SMILES string of the molecule is N#Cc1ccc(COC(=O)c2ccc(OC(F)F)cc2)cc1. The van der Waals surface area contributed by atoms with E-state index in [1.54, 1.807) is 24.3 Å². The highest BCUT2D eigenvalue weighted by Crippen LogP contribution is 2.16. The van der Waals surface area contributed by atoms with E-state index >= 15 is 0 Å². The van der Waals surface area contributed by atoms with Crippen molar-refractivity contribution in [1.82, 2.24) is 0 Å². The summed E-state index contributed by atoms with van der Waals surface area (Å²) in [7, 11) is 0. The summed E-state index contributed by atoms with van der Waals surface area (Å²) in [6.07, 6.45) is 0. The average molecular weight is 303 g/mol. The van der Waals surface area contributed by atoms with Gasteiger partial charge in [-0.3, -0.25) is 0 Å². The number of alkyl halides is 2. The zero-order chi connectivity index (χ0) is 15.9. The number of hydrogen-bond acceptors (Lipinski definition) is 4. The predicted octanol–water partition coefficient (Wildman–Crippen LogP) is 3.52. The highest BCUT2D eigenvalue weighted by Gasteiger charge is 2.09. The van der Waals surface area contributed by atoms with Gasteiger partial charge in [-0.1, -0.05) is 12.1 Å². The molecule has 0 aliphatic carbocycles. The second kappa shape index (κ2) is 7.18. The molecule has 0 amide bonds. The molecule has 0 aliphatic heterocycles. The monoisotopic (exact) mass is 303 g/mol. The second-order valence-corrected chi connectivity index (χ2v) is 4.29. The van der Waals surface area contributed by atoms with Crippen molar-refractivity contribution in [3.8, 4) is 11.8 Å². The van der Waals surface area contributed by atoms with E-state index in [1.807, 2.05) is 6.07 Å². The Morgan fingerprint density at radius 3 is 2.27 bits per heavy atom. The quantitative estimate of drug-likeness (QED) is 0.793. The summed E-state index contributed by atoms with van der Waals surface area (Å²) >= 11 is 0. The number of ether oxygens (including phenoxy) is 2. The van der Waals surface area contributed by atoms with Gasteiger partial charge >= 0.3 is 12.6 Å². The number of benzene rings is 2. The molecule has 0 bridgehead atoms. The summed E-state index contributed by atoms with van der Waals surface area (Å²) in [6.45, 7) is -2.85. The minimum Gasteiger partial charge on any atom is -0.457 e. The molecule has 6 heteroatoms. The largest absolute Gasteiger partial charge is 0.457 e. The van der Waals surface area contributed by atoms with E-state index < -0.39 is 12.6 Å². The van der Waals surface area contributed by atoms with E-state index in [2.05, 4.69) is 4.74 Å². The van der Waals surface area contributed by atoms with Gasteiger partial charge in [0.15, 0.2) is 0 Å². The van der Waals surface area contributed by atoms with Crippen molar-refractivity contribution in [2.75, 3.05) is 0 Å². The van der Waals surface area contributed by atoms with Crippen molar-refractivity contribution >= 4 is 5.97 Å². The number of nitrogens with zero attached hydrogens (tertiary/aromatic N) is 1. The molecule has 0 unspecified atom stereocenters. The van der Waals surface area contributed by atoms with Crippen LogP contribution in [0.2, 0.25) is 0 Å². The maximum atomic E-state index is 12.0. The van der Waals surface area contributed by atoms with Crippen LogP contribution in [0.25, 0.3) is 0 Å². The lowest BCUT2D eigenvalue weighted by Gasteiger charge is -2.07. The van der Waals surface area contributed by atoms with Crippen molar-refractivity contribution < 1.29 is 23.0 Å². The van der Waals surface area contributed by atoms with Crippen LogP contribution in [-0.4, -0.2) is 12.6 Å². The lowest BCUT2D eigenvalue weighted by molar-refractivity contribution is -0.0498. The summed E-state index contributed by atoms with van der Waals surface area (Å²) in [5.74, 6) is -0.605. The third-order valence-electron chi connectivity index (χ3n) is 2.77. The molecule has 0 spiro atoms. The topological polar surface area (TPSA) is 59.3 Å². The van der Waals surface area contributed by atoms with E-state index in [9.17, 15) is 13.6 Å². The fraction of sp³-hybridized carbons (Fsp3) is 0.125. The molecule has 2 aromatic carbocycles. The van der Waals surface area contributed by atoms with Gasteiger partial charge in [0, 0.05) is 0 Å². The Morgan fingerprint density at radius 1 is 1.09 bits per heavy atom. The highest BCUT2D eigenvalue weighted by atomic mass is 19.3. The first kappa shape index (κ1) is 15.4. The van der Waals surface area contributed by atoms with Crippen LogP contribution in [0.1, 0.15) is 21.5 Å². The van der Waals surface area contributed by atoms with Gasteiger partial charge in [-0.15, -0.1) is 0 Å². The highest BCUT2D eigenvalue weighted by molar-refractivity contribution is 5.89. The zero-order valence-corrected chi connectivity index (χ0v) is 11.3. The van der Waals surface area contributed by atoms with Gasteiger partial charge in [-0.05, 0) is 42.0 Å². The maximum Gasteiger partial charge on any atom is 0.387 e. The van der Waals surface area contributed by atoms with Gasteiger partial charge in [-0.2, -0.15) is 14.0 Å². The fourth-order valence-electron chi connectivity index (χ4n) is 1.68. The molecular weight excluding hydrogens is 292 g/mol. The molecule has 112 valence electrons. The molecule has 0 aliphatic rings. The van der Waals surface area contributed by atoms with Crippen molar-refractivity contribution in [3.05, 3.63) is 65.2 Å². The number of carbonyl (C=O) groups excluding carboxylic acids is 1. The standard InChI is InChI=1S/C16H11F2NO3/c17-16(18)22-14-7-5-13(6-8-14)15(20)21-10-12-3-1-11(9-19)2-4-12/h1-8,16H,10H2. The molecule has 0 saturated carbocycles. The lowest BCUT2D eigenvalue weighted by atomic mass is 10.1. The number of hydrogen-bond donors (Lipinski definition) is 0. The number of halogens is 2. The van der Waals surface area contributed by atoms with Crippen molar-refractivity contribution in [2.24, 2.45) is 0 Å². The van der Waals surface area contributed by atoms with Crippen LogP contribution in [0.5, 0.6) is 5.75 Å². The number of carbonyl (C=O) groups is 1. The Morgan fingerprint density at radius 2 is 1.73 bits per heavy atom. The first-order valence-corrected chi connectivity index (χ1v) is 6.29. The van der Waals surface area contributed by atoms with Crippen LogP contribution in [0.4, 0.5) is 8.78 Å². The van der Waals surface area contributed by atoms with Crippen LogP contribution in [0.15, 0.2) is 48.5 Å². The molecule has 0 saturated heterocycles. The van der Waals surface area contributed by atoms with E-state index in [1.165, 1.54) is 24.3 Å². The predicted molar refractivity (Wildman–Crippen MR) is 73.4 cm³/mol. The molecule has 0 atom stereocenters. The number of esters is 1. The molecule has 2 aromatic rings. The first-order valence-electron chi connectivity index (χ1n) is 6.29. The van der Waals surface area contributed by atoms with E-state index in [-0.39, 0.29) is 17.9 Å². The Bertz CT molecular complexity index is 676. The molecule has 22 heavy (non-hydrogen) atoms. The lowest BCUT2D eigenvalue weighted by Crippen LogP contribution is -2.06. The molecule has 2 rings (SSSR count). The Labute approximate surface area is 125 Å². The molecule has 0 heterocycles. The van der Waals surface area contributed by atoms with Crippen molar-refractivity contribution in [3.63, 3.8) is 0 Å². The molecule has 0 radical (unpaired) electrons. The third kappa shape index (κ3) is 4.28. The van der Waals surface area contributed by atoms with Crippen LogP contribution >= 0.6 is 0 Å². The molecule has 0 fully saturated rings. The van der Waals surface area contributed by atoms with Crippen molar-refractivity contribution in [1.29, 1.82) is 5.26 Å². The smallest absolute Gasteiger partial charge is 0.387 e. The summed E-state index contributed by atoms with van der Waals surface area (Å²) in [5.41, 5.74) is 1.49. The van der Waals surface area contributed by atoms with E-state index in [0.29, 0.717) is 5.56 Å². The van der Waals surface area contributed by atoms with Gasteiger partial charge < -0.3 is 9.47 Å².